The molecule has 102 valence electrons. The molecule has 0 aliphatic heterocycles. The highest BCUT2D eigenvalue weighted by Gasteiger charge is 2.17. The standard InChI is InChI=1S/C14H17ClFN3/c1-8(2)7-19-9(3)18-13(14(19)17)11-5-4-10(15)6-12(11)16/h4-6,8H,7,17H2,1-3H3. The minimum Gasteiger partial charge on any atom is -0.383 e. The number of hydrogen-bond acceptors (Lipinski definition) is 2. The highest BCUT2D eigenvalue weighted by molar-refractivity contribution is 6.30. The lowest BCUT2D eigenvalue weighted by Crippen LogP contribution is -2.09. The van der Waals surface area contributed by atoms with E-state index in [1.165, 1.54) is 6.07 Å². The van der Waals surface area contributed by atoms with Crippen LogP contribution in [0.1, 0.15) is 19.7 Å². The molecular weight excluding hydrogens is 265 g/mol. The number of hydrogen-bond donors (Lipinski definition) is 1. The van der Waals surface area contributed by atoms with Crippen molar-refractivity contribution in [2.45, 2.75) is 27.3 Å². The molecule has 19 heavy (non-hydrogen) atoms. The second-order valence-electron chi connectivity index (χ2n) is 5.02. The van der Waals surface area contributed by atoms with Crippen molar-refractivity contribution in [2.24, 2.45) is 5.92 Å². The highest BCUT2D eigenvalue weighted by Crippen LogP contribution is 2.30. The molecule has 0 amide bonds. The number of rotatable bonds is 3. The summed E-state index contributed by atoms with van der Waals surface area (Å²) in [4.78, 5) is 4.38. The Morgan fingerprint density at radius 2 is 2.11 bits per heavy atom. The van der Waals surface area contributed by atoms with Gasteiger partial charge in [0.05, 0.1) is 0 Å². The SMILES string of the molecule is Cc1nc(-c2ccc(Cl)cc2F)c(N)n1CC(C)C. The van der Waals surface area contributed by atoms with Gasteiger partial charge >= 0.3 is 0 Å². The molecule has 0 unspecified atom stereocenters. The first-order valence-corrected chi connectivity index (χ1v) is 6.56. The summed E-state index contributed by atoms with van der Waals surface area (Å²) in [5, 5.41) is 0.359. The van der Waals surface area contributed by atoms with E-state index in [1.807, 2.05) is 11.5 Å². The van der Waals surface area contributed by atoms with E-state index < -0.39 is 5.82 Å². The van der Waals surface area contributed by atoms with Crippen molar-refractivity contribution in [2.75, 3.05) is 5.73 Å². The first-order chi connectivity index (χ1) is 8.90. The molecule has 0 fully saturated rings. The maximum atomic E-state index is 13.9. The number of nitrogens with two attached hydrogens (primary N) is 1. The molecule has 1 aromatic carbocycles. The van der Waals surface area contributed by atoms with Crippen molar-refractivity contribution in [3.05, 3.63) is 34.9 Å². The fourth-order valence-electron chi connectivity index (χ4n) is 2.06. The maximum Gasteiger partial charge on any atom is 0.134 e. The van der Waals surface area contributed by atoms with E-state index in [1.54, 1.807) is 12.1 Å². The quantitative estimate of drug-likeness (QED) is 0.927. The third-order valence-electron chi connectivity index (χ3n) is 2.93. The smallest absolute Gasteiger partial charge is 0.134 e. The molecule has 5 heteroatoms. The molecule has 0 aliphatic carbocycles. The summed E-state index contributed by atoms with van der Waals surface area (Å²) >= 11 is 5.75. The minimum absolute atomic E-state index is 0.359. The van der Waals surface area contributed by atoms with Crippen LogP contribution in [-0.4, -0.2) is 9.55 Å². The molecule has 0 bridgehead atoms. The first-order valence-electron chi connectivity index (χ1n) is 6.18. The molecule has 1 aromatic heterocycles. The number of nitrogens with zero attached hydrogens (tertiary/aromatic N) is 2. The van der Waals surface area contributed by atoms with Gasteiger partial charge in [0, 0.05) is 17.1 Å². The Labute approximate surface area is 117 Å². The Morgan fingerprint density at radius 3 is 2.68 bits per heavy atom. The fraction of sp³-hybridized carbons (Fsp3) is 0.357. The predicted molar refractivity (Wildman–Crippen MR) is 76.6 cm³/mol. The molecule has 0 aliphatic rings. The summed E-state index contributed by atoms with van der Waals surface area (Å²) in [5.74, 6) is 1.31. The van der Waals surface area contributed by atoms with E-state index in [0.29, 0.717) is 28.0 Å². The summed E-state index contributed by atoms with van der Waals surface area (Å²) in [5.41, 5.74) is 6.95. The largest absolute Gasteiger partial charge is 0.383 e. The van der Waals surface area contributed by atoms with Crippen LogP contribution in [0.4, 0.5) is 10.2 Å². The third-order valence-corrected chi connectivity index (χ3v) is 3.17. The molecule has 0 saturated carbocycles. The van der Waals surface area contributed by atoms with Gasteiger partial charge in [0.2, 0.25) is 0 Å². The number of anilines is 1. The average molecular weight is 282 g/mol. The van der Waals surface area contributed by atoms with Crippen LogP contribution in [0.2, 0.25) is 5.02 Å². The maximum absolute atomic E-state index is 13.9. The van der Waals surface area contributed by atoms with Crippen LogP contribution in [0.3, 0.4) is 0 Å². The normalized spacial score (nSPS) is 11.3. The molecule has 3 nitrogen and oxygen atoms in total. The van der Waals surface area contributed by atoms with Gasteiger partial charge in [-0.05, 0) is 31.0 Å². The van der Waals surface area contributed by atoms with Crippen molar-refractivity contribution in [1.29, 1.82) is 0 Å². The summed E-state index contributed by atoms with van der Waals surface area (Å²) in [6.45, 7) is 6.83. The van der Waals surface area contributed by atoms with Crippen LogP contribution in [-0.2, 0) is 6.54 Å². The summed E-state index contributed by atoms with van der Waals surface area (Å²) < 4.78 is 15.8. The van der Waals surface area contributed by atoms with E-state index in [-0.39, 0.29) is 0 Å². The predicted octanol–water partition coefficient (Wildman–Crippen LogP) is 3.89. The van der Waals surface area contributed by atoms with E-state index in [2.05, 4.69) is 18.8 Å². The Hall–Kier alpha value is -1.55. The molecule has 0 radical (unpaired) electrons. The number of aryl methyl sites for hydroxylation is 1. The van der Waals surface area contributed by atoms with E-state index >= 15 is 0 Å². The zero-order chi connectivity index (χ0) is 14.2. The molecule has 2 N–H and O–H groups in total. The molecular formula is C14H17ClFN3. The minimum atomic E-state index is -0.409. The zero-order valence-corrected chi connectivity index (χ0v) is 12.0. The zero-order valence-electron chi connectivity index (χ0n) is 11.2. The Bertz CT molecular complexity index is 605. The number of aromatic nitrogens is 2. The van der Waals surface area contributed by atoms with Gasteiger partial charge in [0.25, 0.3) is 0 Å². The molecule has 0 spiro atoms. The number of nitrogen functional groups attached to an aromatic ring is 1. The number of imidazole rings is 1. The molecule has 0 atom stereocenters. The molecule has 2 rings (SSSR count). The van der Waals surface area contributed by atoms with Gasteiger partial charge in [0.1, 0.15) is 23.2 Å². The lowest BCUT2D eigenvalue weighted by atomic mass is 10.1. The van der Waals surface area contributed by atoms with Crippen molar-refractivity contribution < 1.29 is 4.39 Å². The van der Waals surface area contributed by atoms with Gasteiger partial charge in [-0.1, -0.05) is 25.4 Å². The fourth-order valence-corrected chi connectivity index (χ4v) is 2.22. The van der Waals surface area contributed by atoms with Gasteiger partial charge in [-0.25, -0.2) is 9.37 Å². The van der Waals surface area contributed by atoms with Crippen molar-refractivity contribution in [3.8, 4) is 11.3 Å². The van der Waals surface area contributed by atoms with Gasteiger partial charge < -0.3 is 10.3 Å². The number of halogens is 2. The Morgan fingerprint density at radius 1 is 1.42 bits per heavy atom. The van der Waals surface area contributed by atoms with E-state index in [9.17, 15) is 4.39 Å². The van der Waals surface area contributed by atoms with Crippen LogP contribution in [0.5, 0.6) is 0 Å². The topological polar surface area (TPSA) is 43.8 Å². The second kappa shape index (κ2) is 5.21. The van der Waals surface area contributed by atoms with Gasteiger partial charge in [-0.15, -0.1) is 0 Å². The lowest BCUT2D eigenvalue weighted by molar-refractivity contribution is 0.518. The average Bonchev–Trinajstić information content (AvgIpc) is 2.57. The van der Waals surface area contributed by atoms with Gasteiger partial charge in [0.15, 0.2) is 0 Å². The highest BCUT2D eigenvalue weighted by atomic mass is 35.5. The Balaban J connectivity index is 2.51. The first kappa shape index (κ1) is 13.9. The summed E-state index contributed by atoms with van der Waals surface area (Å²) in [7, 11) is 0. The summed E-state index contributed by atoms with van der Waals surface area (Å²) in [6, 6.07) is 4.51. The second-order valence-corrected chi connectivity index (χ2v) is 5.46. The van der Waals surface area contributed by atoms with E-state index in [0.717, 1.165) is 12.4 Å². The van der Waals surface area contributed by atoms with Crippen molar-refractivity contribution >= 4 is 17.4 Å². The van der Waals surface area contributed by atoms with Crippen LogP contribution >= 0.6 is 11.6 Å². The lowest BCUT2D eigenvalue weighted by Gasteiger charge is -2.10. The van der Waals surface area contributed by atoms with Crippen LogP contribution < -0.4 is 5.73 Å². The van der Waals surface area contributed by atoms with Crippen molar-refractivity contribution in [1.82, 2.24) is 9.55 Å². The van der Waals surface area contributed by atoms with Gasteiger partial charge in [-0.2, -0.15) is 0 Å². The van der Waals surface area contributed by atoms with Gasteiger partial charge in [-0.3, -0.25) is 0 Å². The van der Waals surface area contributed by atoms with Crippen LogP contribution in [0.25, 0.3) is 11.3 Å². The Kier molecular flexibility index (Phi) is 3.80. The monoisotopic (exact) mass is 281 g/mol. The summed E-state index contributed by atoms with van der Waals surface area (Å²) in [6.07, 6.45) is 0. The number of benzene rings is 1. The molecule has 0 saturated heterocycles. The van der Waals surface area contributed by atoms with Crippen molar-refractivity contribution in [3.63, 3.8) is 0 Å². The molecule has 1 heterocycles. The van der Waals surface area contributed by atoms with Crippen LogP contribution in [0.15, 0.2) is 18.2 Å². The third kappa shape index (κ3) is 2.73. The molecule has 2 aromatic rings. The van der Waals surface area contributed by atoms with E-state index in [4.69, 9.17) is 17.3 Å². The van der Waals surface area contributed by atoms with Crippen LogP contribution in [0, 0.1) is 18.7 Å².